The van der Waals surface area contributed by atoms with Crippen LogP contribution in [0.1, 0.15) is 11.1 Å². The van der Waals surface area contributed by atoms with E-state index < -0.39 is 5.66 Å². The lowest BCUT2D eigenvalue weighted by molar-refractivity contribution is 0.412. The fourth-order valence-electron chi connectivity index (χ4n) is 1.80. The molecule has 0 bridgehead atoms. The summed E-state index contributed by atoms with van der Waals surface area (Å²) in [5.41, 5.74) is 18.3. The maximum Gasteiger partial charge on any atom is 0.116 e. The normalized spacial score (nSPS) is 17.1. The fraction of sp³-hybridized carbons (Fsp3) is 0.250. The van der Waals surface area contributed by atoms with E-state index in [4.69, 9.17) is 21.9 Å². The summed E-state index contributed by atoms with van der Waals surface area (Å²) in [6.07, 6.45) is 0.412. The van der Waals surface area contributed by atoms with Gasteiger partial charge in [0.15, 0.2) is 0 Å². The number of hydrogen-bond acceptors (Lipinski definition) is 4. The van der Waals surface area contributed by atoms with Crippen molar-refractivity contribution in [2.24, 2.45) is 17.2 Å². The Balaban J connectivity index is 0.000000247. The highest BCUT2D eigenvalue weighted by Gasteiger charge is 2.23. The van der Waals surface area contributed by atoms with Crippen molar-refractivity contribution in [3.63, 3.8) is 0 Å². The smallest absolute Gasteiger partial charge is 0.116 e. The third-order valence-electron chi connectivity index (χ3n) is 3.17. The lowest BCUT2D eigenvalue weighted by Crippen LogP contribution is -2.46. The zero-order chi connectivity index (χ0) is 14.4. The third-order valence-corrected chi connectivity index (χ3v) is 3.17. The maximum atomic E-state index is 6.14. The molecule has 6 N–H and O–H groups in total. The van der Waals surface area contributed by atoms with Gasteiger partial charge in [0.25, 0.3) is 0 Å². The molecular weight excluding hydrogens is 250 g/mol. The number of ether oxygens (including phenoxy) is 1. The predicted molar refractivity (Wildman–Crippen MR) is 80.8 cm³/mol. The summed E-state index contributed by atoms with van der Waals surface area (Å²) in [7, 11) is 0. The van der Waals surface area contributed by atoms with Gasteiger partial charge in [-0.1, -0.05) is 60.7 Å². The first-order valence-corrected chi connectivity index (χ1v) is 6.65. The lowest BCUT2D eigenvalue weighted by Gasteiger charge is -2.25. The first-order chi connectivity index (χ1) is 9.64. The summed E-state index contributed by atoms with van der Waals surface area (Å²) < 4.78 is 4.73. The van der Waals surface area contributed by atoms with Crippen LogP contribution in [0.3, 0.4) is 0 Å². The lowest BCUT2D eigenvalue weighted by atomic mass is 9.93. The molecule has 20 heavy (non-hydrogen) atoms. The summed E-state index contributed by atoms with van der Waals surface area (Å²) in [6, 6.07) is 19.4. The van der Waals surface area contributed by atoms with Crippen molar-refractivity contribution < 1.29 is 4.74 Å². The Hall–Kier alpha value is -1.72. The van der Waals surface area contributed by atoms with Crippen LogP contribution in [0, 0.1) is 0 Å². The zero-order valence-electron chi connectivity index (χ0n) is 11.4. The largest absolute Gasteiger partial charge is 0.372 e. The molecule has 0 amide bonds. The van der Waals surface area contributed by atoms with Crippen LogP contribution in [0.5, 0.6) is 0 Å². The van der Waals surface area contributed by atoms with Gasteiger partial charge in [0.05, 0.1) is 12.7 Å². The summed E-state index contributed by atoms with van der Waals surface area (Å²) in [4.78, 5) is 0. The van der Waals surface area contributed by atoms with Crippen LogP contribution in [0.2, 0.25) is 0 Å². The molecule has 0 aromatic heterocycles. The van der Waals surface area contributed by atoms with E-state index in [9.17, 15) is 0 Å². The molecular formula is C16H21N3O. The van der Waals surface area contributed by atoms with Gasteiger partial charge in [-0.15, -0.1) is 0 Å². The molecule has 0 aliphatic carbocycles. The first kappa shape index (κ1) is 14.7. The van der Waals surface area contributed by atoms with Crippen LogP contribution in [-0.2, 0) is 10.4 Å². The van der Waals surface area contributed by atoms with E-state index in [1.54, 1.807) is 0 Å². The quantitative estimate of drug-likeness (QED) is 0.577. The minimum Gasteiger partial charge on any atom is -0.372 e. The Labute approximate surface area is 119 Å². The van der Waals surface area contributed by atoms with Crippen LogP contribution < -0.4 is 17.2 Å². The molecule has 1 heterocycles. The van der Waals surface area contributed by atoms with Crippen molar-refractivity contribution in [3.8, 4) is 0 Å². The van der Waals surface area contributed by atoms with Crippen LogP contribution in [0.25, 0.3) is 0 Å². The summed E-state index contributed by atoms with van der Waals surface area (Å²) in [5.74, 6) is 0. The molecule has 1 atom stereocenters. The molecule has 0 radical (unpaired) electrons. The molecule has 1 saturated heterocycles. The van der Waals surface area contributed by atoms with Gasteiger partial charge in [-0.05, 0) is 11.1 Å². The zero-order valence-corrected chi connectivity index (χ0v) is 11.4. The molecule has 1 fully saturated rings. The second-order valence-electron chi connectivity index (χ2n) is 4.79. The van der Waals surface area contributed by atoms with Crippen LogP contribution in [0.4, 0.5) is 0 Å². The average molecular weight is 271 g/mol. The van der Waals surface area contributed by atoms with Gasteiger partial charge in [0.1, 0.15) is 5.66 Å². The van der Waals surface area contributed by atoms with Crippen LogP contribution in [0.15, 0.2) is 60.7 Å². The number of hydrogen-bond donors (Lipinski definition) is 3. The highest BCUT2D eigenvalue weighted by molar-refractivity contribution is 5.35. The Morgan fingerprint density at radius 1 is 0.900 bits per heavy atom. The van der Waals surface area contributed by atoms with E-state index in [0.717, 1.165) is 17.7 Å². The molecule has 0 saturated carbocycles. The standard InChI is InChI=1S/C13H14N2.C3H7NO/c14-13(15,11-7-3-1-4-8-11)12-9-5-2-6-10-12;4-1-3-2-5-3/h1-10H,14-15H2;3H,1-2,4H2. The highest BCUT2D eigenvalue weighted by Crippen LogP contribution is 2.20. The summed E-state index contributed by atoms with van der Waals surface area (Å²) >= 11 is 0. The summed E-state index contributed by atoms with van der Waals surface area (Å²) in [6.45, 7) is 1.58. The van der Waals surface area contributed by atoms with E-state index in [2.05, 4.69) is 0 Å². The van der Waals surface area contributed by atoms with Gasteiger partial charge < -0.3 is 21.9 Å². The Kier molecular flexibility index (Phi) is 4.87. The van der Waals surface area contributed by atoms with Gasteiger partial charge in [0, 0.05) is 6.54 Å². The molecule has 106 valence electrons. The number of epoxide rings is 1. The topological polar surface area (TPSA) is 90.6 Å². The van der Waals surface area contributed by atoms with E-state index in [1.807, 2.05) is 60.7 Å². The Morgan fingerprint density at radius 2 is 1.30 bits per heavy atom. The van der Waals surface area contributed by atoms with Crippen LogP contribution >= 0.6 is 0 Å². The summed E-state index contributed by atoms with van der Waals surface area (Å²) in [5, 5.41) is 0. The molecule has 4 nitrogen and oxygen atoms in total. The molecule has 0 spiro atoms. The maximum absolute atomic E-state index is 6.14. The minimum atomic E-state index is -0.914. The second-order valence-corrected chi connectivity index (χ2v) is 4.79. The highest BCUT2D eigenvalue weighted by atomic mass is 16.6. The molecule has 4 heteroatoms. The van der Waals surface area contributed by atoms with Crippen LogP contribution in [-0.4, -0.2) is 19.3 Å². The average Bonchev–Trinajstić information content (AvgIpc) is 3.34. The molecule has 2 aromatic carbocycles. The van der Waals surface area contributed by atoms with Crippen molar-refractivity contribution >= 4 is 0 Å². The second kappa shape index (κ2) is 6.63. The molecule has 1 aliphatic rings. The van der Waals surface area contributed by atoms with E-state index in [1.165, 1.54) is 0 Å². The van der Waals surface area contributed by atoms with Gasteiger partial charge in [-0.25, -0.2) is 0 Å². The number of nitrogens with two attached hydrogens (primary N) is 3. The molecule has 1 aliphatic heterocycles. The van der Waals surface area contributed by atoms with Crippen molar-refractivity contribution in [1.82, 2.24) is 0 Å². The Morgan fingerprint density at radius 3 is 1.55 bits per heavy atom. The van der Waals surface area contributed by atoms with Crippen molar-refractivity contribution in [1.29, 1.82) is 0 Å². The van der Waals surface area contributed by atoms with Crippen molar-refractivity contribution in [3.05, 3.63) is 71.8 Å². The predicted octanol–water partition coefficient (Wildman–Crippen LogP) is 1.15. The fourth-order valence-corrected chi connectivity index (χ4v) is 1.80. The van der Waals surface area contributed by atoms with Crippen molar-refractivity contribution in [2.75, 3.05) is 13.2 Å². The minimum absolute atomic E-state index is 0.412. The third kappa shape index (κ3) is 3.88. The van der Waals surface area contributed by atoms with Gasteiger partial charge in [0.2, 0.25) is 0 Å². The number of benzene rings is 2. The van der Waals surface area contributed by atoms with Gasteiger partial charge >= 0.3 is 0 Å². The SMILES string of the molecule is NC(N)(c1ccccc1)c1ccccc1.NCC1CO1. The molecule has 3 rings (SSSR count). The molecule has 2 aromatic rings. The monoisotopic (exact) mass is 271 g/mol. The van der Waals surface area contributed by atoms with E-state index >= 15 is 0 Å². The van der Waals surface area contributed by atoms with Gasteiger partial charge in [-0.3, -0.25) is 0 Å². The molecule has 1 unspecified atom stereocenters. The van der Waals surface area contributed by atoms with Gasteiger partial charge in [-0.2, -0.15) is 0 Å². The van der Waals surface area contributed by atoms with E-state index in [-0.39, 0.29) is 0 Å². The number of rotatable bonds is 3. The Bertz CT molecular complexity index is 468. The van der Waals surface area contributed by atoms with Crippen molar-refractivity contribution in [2.45, 2.75) is 11.8 Å². The van der Waals surface area contributed by atoms with E-state index in [0.29, 0.717) is 12.6 Å². The first-order valence-electron chi connectivity index (χ1n) is 6.65.